The summed E-state index contributed by atoms with van der Waals surface area (Å²) in [5.74, 6) is 0.610. The van der Waals surface area contributed by atoms with Crippen molar-refractivity contribution in [2.75, 3.05) is 13.2 Å². The summed E-state index contributed by atoms with van der Waals surface area (Å²) in [5.41, 5.74) is 0.908. The van der Waals surface area contributed by atoms with Crippen molar-refractivity contribution in [1.29, 1.82) is 0 Å². The molecule has 0 aromatic heterocycles. The molecule has 1 heterocycles. The molecule has 0 radical (unpaired) electrons. The predicted octanol–water partition coefficient (Wildman–Crippen LogP) is 1.95. The Balaban J connectivity index is 2.11. The van der Waals surface area contributed by atoms with Gasteiger partial charge in [0.1, 0.15) is 13.2 Å². The van der Waals surface area contributed by atoms with Crippen LogP contribution in [0.5, 0.6) is 11.5 Å². The summed E-state index contributed by atoms with van der Waals surface area (Å²) in [7, 11) is 0. The Morgan fingerprint density at radius 3 is 2.81 bits per heavy atom. The number of carboxylic acid groups (broad SMARTS) is 1. The molecule has 0 aliphatic carbocycles. The Hall–Kier alpha value is -1.97. The third-order valence-electron chi connectivity index (χ3n) is 2.17. The van der Waals surface area contributed by atoms with Crippen LogP contribution in [0.2, 0.25) is 0 Å². The lowest BCUT2D eigenvalue weighted by Gasteiger charge is -2.18. The molecule has 16 heavy (non-hydrogen) atoms. The van der Waals surface area contributed by atoms with E-state index in [9.17, 15) is 4.79 Å². The normalized spacial score (nSPS) is 14.0. The van der Waals surface area contributed by atoms with Gasteiger partial charge in [0, 0.05) is 0 Å². The molecule has 2 rings (SSSR count). The number of carbonyl (C=O) groups is 1. The fourth-order valence-corrected chi connectivity index (χ4v) is 1.46. The van der Waals surface area contributed by atoms with Gasteiger partial charge in [-0.1, -0.05) is 18.2 Å². The third kappa shape index (κ3) is 2.53. The van der Waals surface area contributed by atoms with Crippen molar-refractivity contribution in [3.05, 3.63) is 29.8 Å². The molecule has 0 bridgehead atoms. The van der Waals surface area contributed by atoms with Crippen LogP contribution in [0.3, 0.4) is 0 Å². The van der Waals surface area contributed by atoms with Gasteiger partial charge in [-0.25, -0.2) is 0 Å². The van der Waals surface area contributed by atoms with Gasteiger partial charge in [0.2, 0.25) is 0 Å². The first-order chi connectivity index (χ1) is 7.75. The zero-order chi connectivity index (χ0) is 11.4. The van der Waals surface area contributed by atoms with E-state index in [2.05, 4.69) is 0 Å². The molecule has 1 aromatic carbocycles. The van der Waals surface area contributed by atoms with Crippen LogP contribution in [0.15, 0.2) is 24.3 Å². The minimum absolute atomic E-state index is 0.0223. The second-order valence-electron chi connectivity index (χ2n) is 3.40. The highest BCUT2D eigenvalue weighted by Crippen LogP contribution is 2.31. The number of rotatable bonds is 3. The van der Waals surface area contributed by atoms with E-state index in [-0.39, 0.29) is 6.42 Å². The largest absolute Gasteiger partial charge is 0.486 e. The van der Waals surface area contributed by atoms with E-state index in [0.717, 1.165) is 11.3 Å². The highest BCUT2D eigenvalue weighted by atomic mass is 16.6. The second kappa shape index (κ2) is 4.70. The number of aliphatic carboxylic acids is 1. The molecule has 4 heteroatoms. The summed E-state index contributed by atoms with van der Waals surface area (Å²) in [6, 6.07) is 5.54. The standard InChI is InChI=1S/C12H12O4/c13-12(14)3-1-2-9-4-5-10-11(8-9)16-7-6-15-10/h1-2,4-5,8H,3,6-7H2,(H,13,14)/b2-1+. The van der Waals surface area contributed by atoms with Crippen molar-refractivity contribution in [3.8, 4) is 11.5 Å². The van der Waals surface area contributed by atoms with Gasteiger partial charge in [0.15, 0.2) is 11.5 Å². The summed E-state index contributed by atoms with van der Waals surface area (Å²) in [6.45, 7) is 1.12. The molecule has 0 amide bonds. The fraction of sp³-hybridized carbons (Fsp3) is 0.250. The summed E-state index contributed by atoms with van der Waals surface area (Å²) < 4.78 is 10.8. The van der Waals surface area contributed by atoms with Gasteiger partial charge in [-0.3, -0.25) is 4.79 Å². The molecule has 1 aliphatic rings. The van der Waals surface area contributed by atoms with Crippen molar-refractivity contribution in [2.45, 2.75) is 6.42 Å². The Labute approximate surface area is 93.1 Å². The Morgan fingerprint density at radius 2 is 2.06 bits per heavy atom. The minimum Gasteiger partial charge on any atom is -0.486 e. The Morgan fingerprint density at radius 1 is 1.31 bits per heavy atom. The van der Waals surface area contributed by atoms with Gasteiger partial charge in [-0.15, -0.1) is 0 Å². The van der Waals surface area contributed by atoms with E-state index in [4.69, 9.17) is 14.6 Å². The van der Waals surface area contributed by atoms with Crippen molar-refractivity contribution in [2.24, 2.45) is 0 Å². The van der Waals surface area contributed by atoms with E-state index in [0.29, 0.717) is 19.0 Å². The molecule has 4 nitrogen and oxygen atoms in total. The van der Waals surface area contributed by atoms with Crippen LogP contribution in [0.25, 0.3) is 6.08 Å². The smallest absolute Gasteiger partial charge is 0.307 e. The maximum absolute atomic E-state index is 10.3. The van der Waals surface area contributed by atoms with Crippen molar-refractivity contribution in [3.63, 3.8) is 0 Å². The molecule has 0 saturated heterocycles. The molecular formula is C12H12O4. The maximum atomic E-state index is 10.3. The average Bonchev–Trinajstić information content (AvgIpc) is 2.28. The molecule has 84 valence electrons. The third-order valence-corrected chi connectivity index (χ3v) is 2.17. The number of ether oxygens (including phenoxy) is 2. The fourth-order valence-electron chi connectivity index (χ4n) is 1.46. The second-order valence-corrected chi connectivity index (χ2v) is 3.40. The molecular weight excluding hydrogens is 208 g/mol. The lowest BCUT2D eigenvalue weighted by atomic mass is 10.1. The van der Waals surface area contributed by atoms with Gasteiger partial charge in [0.05, 0.1) is 6.42 Å². The van der Waals surface area contributed by atoms with Crippen LogP contribution >= 0.6 is 0 Å². The number of benzene rings is 1. The van der Waals surface area contributed by atoms with Gasteiger partial charge in [-0.2, -0.15) is 0 Å². The molecule has 1 N–H and O–H groups in total. The topological polar surface area (TPSA) is 55.8 Å². The van der Waals surface area contributed by atoms with Gasteiger partial charge in [0.25, 0.3) is 0 Å². The highest BCUT2D eigenvalue weighted by molar-refractivity contribution is 5.70. The molecule has 0 fully saturated rings. The Bertz CT molecular complexity index is 423. The zero-order valence-corrected chi connectivity index (χ0v) is 8.68. The summed E-state index contributed by atoms with van der Waals surface area (Å²) in [5, 5.41) is 8.49. The predicted molar refractivity (Wildman–Crippen MR) is 58.7 cm³/mol. The van der Waals surface area contributed by atoms with Gasteiger partial charge >= 0.3 is 5.97 Å². The number of carboxylic acids is 1. The molecule has 1 aromatic rings. The van der Waals surface area contributed by atoms with E-state index >= 15 is 0 Å². The minimum atomic E-state index is -0.839. The van der Waals surface area contributed by atoms with Crippen molar-refractivity contribution >= 4 is 12.0 Å². The summed E-state index contributed by atoms with van der Waals surface area (Å²) in [4.78, 5) is 10.3. The van der Waals surface area contributed by atoms with E-state index < -0.39 is 5.97 Å². The number of hydrogen-bond donors (Lipinski definition) is 1. The van der Waals surface area contributed by atoms with Crippen LogP contribution in [-0.2, 0) is 4.79 Å². The van der Waals surface area contributed by atoms with Crippen LogP contribution in [0.4, 0.5) is 0 Å². The monoisotopic (exact) mass is 220 g/mol. The van der Waals surface area contributed by atoms with E-state index in [1.54, 1.807) is 12.2 Å². The van der Waals surface area contributed by atoms with Crippen molar-refractivity contribution < 1.29 is 19.4 Å². The van der Waals surface area contributed by atoms with Gasteiger partial charge in [-0.05, 0) is 17.7 Å². The first-order valence-corrected chi connectivity index (χ1v) is 5.04. The molecule has 0 atom stereocenters. The van der Waals surface area contributed by atoms with E-state index in [1.165, 1.54) is 0 Å². The van der Waals surface area contributed by atoms with Crippen LogP contribution in [-0.4, -0.2) is 24.3 Å². The molecule has 0 saturated carbocycles. The van der Waals surface area contributed by atoms with Crippen LogP contribution < -0.4 is 9.47 Å². The number of fused-ring (bicyclic) bond motifs is 1. The quantitative estimate of drug-likeness (QED) is 0.845. The SMILES string of the molecule is O=C(O)C/C=C/c1ccc2c(c1)OCCO2. The first-order valence-electron chi connectivity index (χ1n) is 5.04. The van der Waals surface area contributed by atoms with Crippen molar-refractivity contribution in [1.82, 2.24) is 0 Å². The summed E-state index contributed by atoms with van der Waals surface area (Å²) in [6.07, 6.45) is 3.38. The maximum Gasteiger partial charge on any atom is 0.307 e. The van der Waals surface area contributed by atoms with Crippen LogP contribution in [0, 0.1) is 0 Å². The lowest BCUT2D eigenvalue weighted by Crippen LogP contribution is -2.15. The molecule has 0 spiro atoms. The zero-order valence-electron chi connectivity index (χ0n) is 8.68. The molecule has 0 unspecified atom stereocenters. The lowest BCUT2D eigenvalue weighted by molar-refractivity contribution is -0.135. The summed E-state index contributed by atoms with van der Waals surface area (Å²) >= 11 is 0. The van der Waals surface area contributed by atoms with E-state index in [1.807, 2.05) is 18.2 Å². The highest BCUT2D eigenvalue weighted by Gasteiger charge is 2.10. The average molecular weight is 220 g/mol. The van der Waals surface area contributed by atoms with Gasteiger partial charge < -0.3 is 14.6 Å². The molecule has 1 aliphatic heterocycles. The number of hydrogen-bond acceptors (Lipinski definition) is 3. The van der Waals surface area contributed by atoms with Crippen LogP contribution in [0.1, 0.15) is 12.0 Å². The Kier molecular flexibility index (Phi) is 3.10. The first kappa shape index (κ1) is 10.5.